The lowest BCUT2D eigenvalue weighted by Gasteiger charge is -2.23. The van der Waals surface area contributed by atoms with Gasteiger partial charge in [0.1, 0.15) is 17.8 Å². The average Bonchev–Trinajstić information content (AvgIpc) is 3.10. The van der Waals surface area contributed by atoms with Gasteiger partial charge in [-0.1, -0.05) is 6.92 Å². The molecule has 3 rings (SSSR count). The first-order chi connectivity index (χ1) is 10.1. The predicted molar refractivity (Wildman–Crippen MR) is 80.2 cm³/mol. The predicted octanol–water partition coefficient (Wildman–Crippen LogP) is 1.91. The van der Waals surface area contributed by atoms with Gasteiger partial charge >= 0.3 is 5.97 Å². The second-order valence-electron chi connectivity index (χ2n) is 5.81. The van der Waals surface area contributed by atoms with Gasteiger partial charge in [-0.05, 0) is 25.3 Å². The molecule has 2 aromatic heterocycles. The highest BCUT2D eigenvalue weighted by molar-refractivity contribution is 5.91. The topological polar surface area (TPSA) is 71.1 Å². The molecule has 0 bridgehead atoms. The van der Waals surface area contributed by atoms with Crippen molar-refractivity contribution in [3.63, 3.8) is 0 Å². The van der Waals surface area contributed by atoms with Gasteiger partial charge in [-0.15, -0.1) is 0 Å². The summed E-state index contributed by atoms with van der Waals surface area (Å²) in [7, 11) is 1.44. The SMILES string of the molecule is CCc1c[nH]c2ncnc(N3CCC(C)(C(=O)OC)C3)c12. The summed E-state index contributed by atoms with van der Waals surface area (Å²) < 4.78 is 4.93. The van der Waals surface area contributed by atoms with Crippen LogP contribution in [0.4, 0.5) is 5.82 Å². The van der Waals surface area contributed by atoms with Crippen LogP contribution in [0.25, 0.3) is 11.0 Å². The van der Waals surface area contributed by atoms with E-state index in [-0.39, 0.29) is 5.97 Å². The van der Waals surface area contributed by atoms with E-state index in [2.05, 4.69) is 26.8 Å². The zero-order valence-corrected chi connectivity index (χ0v) is 12.6. The summed E-state index contributed by atoms with van der Waals surface area (Å²) in [6, 6.07) is 0. The quantitative estimate of drug-likeness (QED) is 0.874. The van der Waals surface area contributed by atoms with Crippen molar-refractivity contribution in [3.05, 3.63) is 18.1 Å². The molecule has 3 heterocycles. The van der Waals surface area contributed by atoms with Crippen LogP contribution in [0.15, 0.2) is 12.5 Å². The van der Waals surface area contributed by atoms with E-state index in [1.807, 2.05) is 13.1 Å². The molecule has 1 N–H and O–H groups in total. The molecule has 0 aromatic carbocycles. The largest absolute Gasteiger partial charge is 0.469 e. The number of rotatable bonds is 3. The number of aromatic amines is 1. The Hall–Kier alpha value is -2.11. The second-order valence-corrected chi connectivity index (χ2v) is 5.81. The molecule has 0 saturated carbocycles. The Labute approximate surface area is 123 Å². The number of hydrogen-bond acceptors (Lipinski definition) is 5. The molecule has 6 heteroatoms. The van der Waals surface area contributed by atoms with Gasteiger partial charge in [0.25, 0.3) is 0 Å². The minimum Gasteiger partial charge on any atom is -0.469 e. The Morgan fingerprint density at radius 2 is 2.33 bits per heavy atom. The van der Waals surface area contributed by atoms with Crippen molar-refractivity contribution in [2.45, 2.75) is 26.7 Å². The summed E-state index contributed by atoms with van der Waals surface area (Å²) in [4.78, 5) is 26.1. The van der Waals surface area contributed by atoms with Gasteiger partial charge in [0.05, 0.1) is 17.9 Å². The van der Waals surface area contributed by atoms with E-state index in [9.17, 15) is 4.79 Å². The van der Waals surface area contributed by atoms with Gasteiger partial charge in [0, 0.05) is 19.3 Å². The molecule has 0 amide bonds. The number of esters is 1. The minimum atomic E-state index is -0.464. The smallest absolute Gasteiger partial charge is 0.313 e. The summed E-state index contributed by atoms with van der Waals surface area (Å²) in [6.45, 7) is 5.49. The fourth-order valence-electron chi connectivity index (χ4n) is 3.08. The molecule has 0 spiro atoms. The van der Waals surface area contributed by atoms with E-state index >= 15 is 0 Å². The molecular weight excluding hydrogens is 268 g/mol. The third-order valence-corrected chi connectivity index (χ3v) is 4.36. The fraction of sp³-hybridized carbons (Fsp3) is 0.533. The molecular formula is C15H20N4O2. The van der Waals surface area contributed by atoms with Crippen LogP contribution in [-0.2, 0) is 16.0 Å². The molecule has 2 aromatic rings. The van der Waals surface area contributed by atoms with Gasteiger partial charge in [-0.3, -0.25) is 4.79 Å². The van der Waals surface area contributed by atoms with Crippen molar-refractivity contribution in [1.29, 1.82) is 0 Å². The number of nitrogens with zero attached hydrogens (tertiary/aromatic N) is 3. The van der Waals surface area contributed by atoms with E-state index in [1.165, 1.54) is 12.7 Å². The monoisotopic (exact) mass is 288 g/mol. The third kappa shape index (κ3) is 2.14. The number of ether oxygens (including phenoxy) is 1. The van der Waals surface area contributed by atoms with Crippen molar-refractivity contribution in [2.75, 3.05) is 25.1 Å². The maximum Gasteiger partial charge on any atom is 0.313 e. The molecule has 1 fully saturated rings. The maximum absolute atomic E-state index is 12.0. The molecule has 1 unspecified atom stereocenters. The number of carbonyl (C=O) groups excluding carboxylic acids is 1. The second kappa shape index (κ2) is 5.02. The first-order valence-corrected chi connectivity index (χ1v) is 7.23. The van der Waals surface area contributed by atoms with E-state index in [0.29, 0.717) is 6.54 Å². The number of fused-ring (bicyclic) bond motifs is 1. The van der Waals surface area contributed by atoms with Gasteiger partial charge in [-0.2, -0.15) is 0 Å². The number of methoxy groups -OCH3 is 1. The highest BCUT2D eigenvalue weighted by Crippen LogP contribution is 2.36. The Morgan fingerprint density at radius 3 is 3.05 bits per heavy atom. The molecule has 0 aliphatic carbocycles. The van der Waals surface area contributed by atoms with Crippen LogP contribution in [0.2, 0.25) is 0 Å². The first-order valence-electron chi connectivity index (χ1n) is 7.23. The molecule has 21 heavy (non-hydrogen) atoms. The van der Waals surface area contributed by atoms with E-state index < -0.39 is 5.41 Å². The van der Waals surface area contributed by atoms with Crippen molar-refractivity contribution < 1.29 is 9.53 Å². The molecule has 1 saturated heterocycles. The van der Waals surface area contributed by atoms with Gasteiger partial charge < -0.3 is 14.6 Å². The van der Waals surface area contributed by atoms with Crippen molar-refractivity contribution in [3.8, 4) is 0 Å². The van der Waals surface area contributed by atoms with Crippen molar-refractivity contribution >= 4 is 22.8 Å². The molecule has 1 atom stereocenters. The third-order valence-electron chi connectivity index (χ3n) is 4.36. The fourth-order valence-corrected chi connectivity index (χ4v) is 3.08. The highest BCUT2D eigenvalue weighted by Gasteiger charge is 2.42. The summed E-state index contributed by atoms with van der Waals surface area (Å²) in [6.07, 6.45) is 5.25. The van der Waals surface area contributed by atoms with Gasteiger partial charge in [-0.25, -0.2) is 9.97 Å². The highest BCUT2D eigenvalue weighted by atomic mass is 16.5. The summed E-state index contributed by atoms with van der Waals surface area (Å²) >= 11 is 0. The number of aryl methyl sites for hydroxylation is 1. The zero-order valence-electron chi connectivity index (χ0n) is 12.6. The summed E-state index contributed by atoms with van der Waals surface area (Å²) in [5.74, 6) is 0.755. The molecule has 1 aliphatic heterocycles. The number of nitrogens with one attached hydrogen (secondary N) is 1. The molecule has 1 aliphatic rings. The number of anilines is 1. The van der Waals surface area contributed by atoms with Crippen LogP contribution < -0.4 is 4.90 Å². The summed E-state index contributed by atoms with van der Waals surface area (Å²) in [5, 5.41) is 1.06. The van der Waals surface area contributed by atoms with Crippen LogP contribution >= 0.6 is 0 Å². The van der Waals surface area contributed by atoms with E-state index in [4.69, 9.17) is 4.74 Å². The lowest BCUT2D eigenvalue weighted by atomic mass is 9.90. The number of hydrogen-bond donors (Lipinski definition) is 1. The van der Waals surface area contributed by atoms with Crippen molar-refractivity contribution in [2.24, 2.45) is 5.41 Å². The standard InChI is InChI=1S/C15H20N4O2/c1-4-10-7-16-12-11(10)13(18-9-17-12)19-6-5-15(2,8-19)14(20)21-3/h7,9H,4-6,8H2,1-3H3,(H,16,17,18). The average molecular weight is 288 g/mol. The Balaban J connectivity index is 1.99. The van der Waals surface area contributed by atoms with Gasteiger partial charge in [0.15, 0.2) is 0 Å². The lowest BCUT2D eigenvalue weighted by molar-refractivity contribution is -0.150. The number of carbonyl (C=O) groups is 1. The zero-order chi connectivity index (χ0) is 15.0. The molecule has 6 nitrogen and oxygen atoms in total. The van der Waals surface area contributed by atoms with Crippen LogP contribution in [0.1, 0.15) is 25.8 Å². The van der Waals surface area contributed by atoms with Crippen LogP contribution in [0.3, 0.4) is 0 Å². The molecule has 112 valence electrons. The molecule has 0 radical (unpaired) electrons. The lowest BCUT2D eigenvalue weighted by Crippen LogP contribution is -2.33. The van der Waals surface area contributed by atoms with Gasteiger partial charge in [0.2, 0.25) is 0 Å². The minimum absolute atomic E-state index is 0.153. The first kappa shape index (κ1) is 13.9. The van der Waals surface area contributed by atoms with Crippen LogP contribution in [0.5, 0.6) is 0 Å². The Bertz CT molecular complexity index is 681. The summed E-state index contributed by atoms with van der Waals surface area (Å²) in [5.41, 5.74) is 1.59. The van der Waals surface area contributed by atoms with E-state index in [1.54, 1.807) is 6.33 Å². The number of H-pyrrole nitrogens is 1. The van der Waals surface area contributed by atoms with Crippen LogP contribution in [-0.4, -0.2) is 41.1 Å². The Morgan fingerprint density at radius 1 is 1.52 bits per heavy atom. The Kier molecular flexibility index (Phi) is 3.31. The van der Waals surface area contributed by atoms with Crippen molar-refractivity contribution in [1.82, 2.24) is 15.0 Å². The number of aromatic nitrogens is 3. The van der Waals surface area contributed by atoms with E-state index in [0.717, 1.165) is 36.2 Å². The maximum atomic E-state index is 12.0. The van der Waals surface area contributed by atoms with Crippen LogP contribution in [0, 0.1) is 5.41 Å². The normalized spacial score (nSPS) is 22.0.